The molecule has 3 aromatic carbocycles. The van der Waals surface area contributed by atoms with E-state index in [0.717, 1.165) is 11.1 Å². The number of ether oxygens (including phenoxy) is 1. The molecule has 0 aromatic heterocycles. The zero-order chi connectivity index (χ0) is 23.2. The molecule has 1 saturated heterocycles. The first-order valence-corrected chi connectivity index (χ1v) is 11.6. The molecular formula is C26H22N2O3S2. The lowest BCUT2D eigenvalue weighted by Crippen LogP contribution is -2.27. The van der Waals surface area contributed by atoms with Gasteiger partial charge in [0, 0.05) is 11.3 Å². The van der Waals surface area contributed by atoms with Crippen molar-refractivity contribution in [2.24, 2.45) is 0 Å². The van der Waals surface area contributed by atoms with Crippen LogP contribution < -0.4 is 10.1 Å². The van der Waals surface area contributed by atoms with Gasteiger partial charge in [0.1, 0.15) is 10.1 Å². The lowest BCUT2D eigenvalue weighted by Gasteiger charge is -2.14. The fourth-order valence-corrected chi connectivity index (χ4v) is 4.50. The van der Waals surface area contributed by atoms with Gasteiger partial charge >= 0.3 is 0 Å². The van der Waals surface area contributed by atoms with Crippen LogP contribution in [0.1, 0.15) is 16.7 Å². The molecule has 0 unspecified atom stereocenters. The molecule has 7 heteroatoms. The van der Waals surface area contributed by atoms with E-state index in [4.69, 9.17) is 17.0 Å². The van der Waals surface area contributed by atoms with Gasteiger partial charge < -0.3 is 10.1 Å². The Morgan fingerprint density at radius 3 is 2.48 bits per heavy atom. The Morgan fingerprint density at radius 1 is 1.03 bits per heavy atom. The highest BCUT2D eigenvalue weighted by Crippen LogP contribution is 2.35. The zero-order valence-electron chi connectivity index (χ0n) is 18.0. The Labute approximate surface area is 202 Å². The van der Waals surface area contributed by atoms with Gasteiger partial charge in [0.25, 0.3) is 11.8 Å². The fraction of sp³-hybridized carbons (Fsp3) is 0.115. The van der Waals surface area contributed by atoms with Crippen LogP contribution in [0.5, 0.6) is 5.75 Å². The van der Waals surface area contributed by atoms with Crippen LogP contribution in [0.25, 0.3) is 6.08 Å². The van der Waals surface area contributed by atoms with Crippen LogP contribution in [0.4, 0.5) is 5.69 Å². The summed E-state index contributed by atoms with van der Waals surface area (Å²) in [5, 5.41) is 2.81. The molecule has 2 amide bonds. The second kappa shape index (κ2) is 10.5. The SMILES string of the molecule is Cc1ccc(NC(=O)COc2ccccc2/C=C2\SC(=S)N(Cc3ccccc3)C2=O)cc1. The van der Waals surface area contributed by atoms with Crippen LogP contribution in [0.3, 0.4) is 0 Å². The molecule has 1 aliphatic heterocycles. The Kier molecular flexibility index (Phi) is 7.22. The summed E-state index contributed by atoms with van der Waals surface area (Å²) in [6.45, 7) is 2.27. The molecular weight excluding hydrogens is 452 g/mol. The van der Waals surface area contributed by atoms with Crippen LogP contribution in [-0.4, -0.2) is 27.6 Å². The van der Waals surface area contributed by atoms with E-state index >= 15 is 0 Å². The molecule has 0 atom stereocenters. The topological polar surface area (TPSA) is 58.6 Å². The summed E-state index contributed by atoms with van der Waals surface area (Å²) in [5.74, 6) is 0.119. The van der Waals surface area contributed by atoms with Gasteiger partial charge in [-0.05, 0) is 36.8 Å². The van der Waals surface area contributed by atoms with E-state index in [0.29, 0.717) is 32.8 Å². The van der Waals surface area contributed by atoms with E-state index < -0.39 is 0 Å². The van der Waals surface area contributed by atoms with Crippen molar-refractivity contribution in [1.82, 2.24) is 4.90 Å². The minimum Gasteiger partial charge on any atom is -0.483 e. The molecule has 0 saturated carbocycles. The first kappa shape index (κ1) is 22.8. The lowest BCUT2D eigenvalue weighted by atomic mass is 10.1. The molecule has 1 fully saturated rings. The van der Waals surface area contributed by atoms with E-state index in [-0.39, 0.29) is 18.4 Å². The molecule has 0 radical (unpaired) electrons. The number of anilines is 1. The third-order valence-corrected chi connectivity index (χ3v) is 6.33. The summed E-state index contributed by atoms with van der Waals surface area (Å²) in [5.41, 5.74) is 3.55. The molecule has 4 rings (SSSR count). The summed E-state index contributed by atoms with van der Waals surface area (Å²) >= 11 is 6.71. The average Bonchev–Trinajstić information content (AvgIpc) is 3.08. The van der Waals surface area contributed by atoms with Gasteiger partial charge in [-0.1, -0.05) is 90.2 Å². The number of nitrogens with zero attached hydrogens (tertiary/aromatic N) is 1. The number of hydrogen-bond acceptors (Lipinski definition) is 5. The highest BCUT2D eigenvalue weighted by atomic mass is 32.2. The standard InChI is InChI=1S/C26H22N2O3S2/c1-18-11-13-21(14-12-18)27-24(29)17-31-22-10-6-5-9-20(22)15-23-25(30)28(26(32)33-23)16-19-7-3-2-4-8-19/h2-15H,16-17H2,1H3,(H,27,29)/b23-15-. The normalized spacial score (nSPS) is 14.6. The summed E-state index contributed by atoms with van der Waals surface area (Å²) in [4.78, 5) is 27.4. The summed E-state index contributed by atoms with van der Waals surface area (Å²) in [6, 6.07) is 24.6. The van der Waals surface area contributed by atoms with E-state index in [1.165, 1.54) is 11.8 Å². The van der Waals surface area contributed by atoms with Gasteiger partial charge in [0.2, 0.25) is 0 Å². The second-order valence-corrected chi connectivity index (χ2v) is 9.17. The number of para-hydroxylation sites is 1. The quantitative estimate of drug-likeness (QED) is 0.366. The highest BCUT2D eigenvalue weighted by molar-refractivity contribution is 8.26. The maximum absolute atomic E-state index is 13.0. The first-order chi connectivity index (χ1) is 16.0. The number of aryl methyl sites for hydroxylation is 1. The van der Waals surface area contributed by atoms with Crippen LogP contribution >= 0.6 is 24.0 Å². The van der Waals surface area contributed by atoms with Crippen LogP contribution in [0.15, 0.2) is 83.8 Å². The van der Waals surface area contributed by atoms with Crippen molar-refractivity contribution in [3.8, 4) is 5.75 Å². The number of thioether (sulfide) groups is 1. The molecule has 5 nitrogen and oxygen atoms in total. The second-order valence-electron chi connectivity index (χ2n) is 7.49. The largest absolute Gasteiger partial charge is 0.483 e. The van der Waals surface area contributed by atoms with E-state index in [9.17, 15) is 9.59 Å². The first-order valence-electron chi connectivity index (χ1n) is 10.4. The van der Waals surface area contributed by atoms with Gasteiger partial charge in [-0.3, -0.25) is 14.5 Å². The third-order valence-electron chi connectivity index (χ3n) is 4.96. The molecule has 3 aromatic rings. The van der Waals surface area contributed by atoms with Gasteiger partial charge in [-0.15, -0.1) is 0 Å². The number of nitrogens with one attached hydrogen (secondary N) is 1. The monoisotopic (exact) mass is 474 g/mol. The van der Waals surface area contributed by atoms with Crippen molar-refractivity contribution in [2.75, 3.05) is 11.9 Å². The number of hydrogen-bond donors (Lipinski definition) is 1. The average molecular weight is 475 g/mol. The summed E-state index contributed by atoms with van der Waals surface area (Å²) < 4.78 is 6.29. The number of carbonyl (C=O) groups is 2. The van der Waals surface area contributed by atoms with E-state index in [1.54, 1.807) is 17.0 Å². The molecule has 1 aliphatic rings. The summed E-state index contributed by atoms with van der Waals surface area (Å²) in [6.07, 6.45) is 1.76. The molecule has 1 heterocycles. The maximum atomic E-state index is 13.0. The van der Waals surface area contributed by atoms with E-state index in [1.807, 2.05) is 79.7 Å². The molecule has 166 valence electrons. The van der Waals surface area contributed by atoms with Crippen molar-refractivity contribution in [3.63, 3.8) is 0 Å². The van der Waals surface area contributed by atoms with Gasteiger partial charge in [0.15, 0.2) is 6.61 Å². The van der Waals surface area contributed by atoms with Crippen molar-refractivity contribution >= 4 is 51.9 Å². The minimum absolute atomic E-state index is 0.138. The number of carbonyl (C=O) groups excluding carboxylic acids is 2. The lowest BCUT2D eigenvalue weighted by molar-refractivity contribution is -0.122. The fourth-order valence-electron chi connectivity index (χ4n) is 3.25. The Morgan fingerprint density at radius 2 is 1.73 bits per heavy atom. The van der Waals surface area contributed by atoms with Gasteiger partial charge in [-0.25, -0.2) is 0 Å². The number of thiocarbonyl (C=S) groups is 1. The highest BCUT2D eigenvalue weighted by Gasteiger charge is 2.32. The van der Waals surface area contributed by atoms with E-state index in [2.05, 4.69) is 5.32 Å². The predicted octanol–water partition coefficient (Wildman–Crippen LogP) is 5.41. The van der Waals surface area contributed by atoms with Crippen LogP contribution in [0, 0.1) is 6.92 Å². The Balaban J connectivity index is 1.43. The molecule has 33 heavy (non-hydrogen) atoms. The number of amides is 2. The van der Waals surface area contributed by atoms with Crippen LogP contribution in [-0.2, 0) is 16.1 Å². The molecule has 0 aliphatic carbocycles. The summed E-state index contributed by atoms with van der Waals surface area (Å²) in [7, 11) is 0. The number of benzene rings is 3. The molecule has 0 spiro atoms. The maximum Gasteiger partial charge on any atom is 0.266 e. The molecule has 1 N–H and O–H groups in total. The zero-order valence-corrected chi connectivity index (χ0v) is 19.6. The Hall–Kier alpha value is -3.42. The van der Waals surface area contributed by atoms with Gasteiger partial charge in [-0.2, -0.15) is 0 Å². The van der Waals surface area contributed by atoms with Crippen molar-refractivity contribution < 1.29 is 14.3 Å². The Bertz CT molecular complexity index is 1210. The van der Waals surface area contributed by atoms with Crippen molar-refractivity contribution in [1.29, 1.82) is 0 Å². The van der Waals surface area contributed by atoms with Gasteiger partial charge in [0.05, 0.1) is 11.4 Å². The van der Waals surface area contributed by atoms with Crippen LogP contribution in [0.2, 0.25) is 0 Å². The number of rotatable bonds is 7. The predicted molar refractivity (Wildman–Crippen MR) is 137 cm³/mol. The minimum atomic E-state index is -0.261. The molecule has 0 bridgehead atoms. The smallest absolute Gasteiger partial charge is 0.266 e. The third kappa shape index (κ3) is 5.88. The van der Waals surface area contributed by atoms with Crippen molar-refractivity contribution in [3.05, 3.63) is 100 Å². The van der Waals surface area contributed by atoms with Crippen molar-refractivity contribution in [2.45, 2.75) is 13.5 Å².